The zero-order valence-corrected chi connectivity index (χ0v) is 13.3. The van der Waals surface area contributed by atoms with Crippen molar-refractivity contribution >= 4 is 11.3 Å². The first-order chi connectivity index (χ1) is 9.93. The van der Waals surface area contributed by atoms with E-state index in [-0.39, 0.29) is 0 Å². The molecule has 0 radical (unpaired) electrons. The van der Waals surface area contributed by atoms with Crippen molar-refractivity contribution in [1.82, 2.24) is 5.32 Å². The minimum Gasteiger partial charge on any atom is -0.309 e. The summed E-state index contributed by atoms with van der Waals surface area (Å²) in [5.74, 6) is 0.869. The van der Waals surface area contributed by atoms with Gasteiger partial charge in [-0.05, 0) is 68.9 Å². The largest absolute Gasteiger partial charge is 0.309 e. The molecule has 1 atom stereocenters. The quantitative estimate of drug-likeness (QED) is 0.686. The van der Waals surface area contributed by atoms with Gasteiger partial charge in [0, 0.05) is 10.9 Å². The number of thiophene rings is 1. The standard InChI is InChI=1S/C18H27NS/c1-2-7-15(8-3-1)12-13-19-18(16-9-4-5-10-16)17-11-6-14-20-17/h6-7,11,14,16,18-19H,1-5,8-10,12-13H2. The summed E-state index contributed by atoms with van der Waals surface area (Å²) in [6.07, 6.45) is 14.9. The van der Waals surface area contributed by atoms with Crippen LogP contribution in [0.1, 0.15) is 68.7 Å². The molecule has 1 unspecified atom stereocenters. The highest BCUT2D eigenvalue weighted by Gasteiger charge is 2.26. The molecule has 1 N–H and O–H groups in total. The maximum atomic E-state index is 3.88. The lowest BCUT2D eigenvalue weighted by atomic mass is 9.95. The normalized spacial score (nSPS) is 21.9. The average molecular weight is 289 g/mol. The predicted molar refractivity (Wildman–Crippen MR) is 88.2 cm³/mol. The minimum atomic E-state index is 0.613. The van der Waals surface area contributed by atoms with Gasteiger partial charge in [0.05, 0.1) is 0 Å². The molecular formula is C18H27NS. The van der Waals surface area contributed by atoms with E-state index in [1.54, 1.807) is 10.5 Å². The minimum absolute atomic E-state index is 0.613. The van der Waals surface area contributed by atoms with Crippen molar-refractivity contribution in [2.24, 2.45) is 5.92 Å². The van der Waals surface area contributed by atoms with Crippen LogP contribution in [-0.2, 0) is 0 Å². The van der Waals surface area contributed by atoms with Crippen LogP contribution in [0.2, 0.25) is 0 Å². The van der Waals surface area contributed by atoms with Crippen LogP contribution in [0.15, 0.2) is 29.2 Å². The van der Waals surface area contributed by atoms with Crippen LogP contribution in [0.25, 0.3) is 0 Å². The average Bonchev–Trinajstić information content (AvgIpc) is 3.18. The topological polar surface area (TPSA) is 12.0 Å². The maximum absolute atomic E-state index is 3.88. The fourth-order valence-corrected chi connectivity index (χ4v) is 4.67. The van der Waals surface area contributed by atoms with Gasteiger partial charge in [0.1, 0.15) is 0 Å². The van der Waals surface area contributed by atoms with E-state index in [0.717, 1.165) is 12.5 Å². The van der Waals surface area contributed by atoms with Crippen LogP contribution in [0.4, 0.5) is 0 Å². The number of nitrogens with one attached hydrogen (secondary N) is 1. The van der Waals surface area contributed by atoms with Gasteiger partial charge in [0.15, 0.2) is 0 Å². The number of rotatable bonds is 6. The second kappa shape index (κ2) is 7.42. The van der Waals surface area contributed by atoms with E-state index in [9.17, 15) is 0 Å². The molecule has 20 heavy (non-hydrogen) atoms. The van der Waals surface area contributed by atoms with E-state index in [4.69, 9.17) is 0 Å². The number of hydrogen-bond acceptors (Lipinski definition) is 2. The first kappa shape index (κ1) is 14.3. The molecule has 2 aliphatic carbocycles. The monoisotopic (exact) mass is 289 g/mol. The van der Waals surface area contributed by atoms with E-state index in [0.29, 0.717) is 6.04 Å². The molecule has 1 heterocycles. The molecule has 0 aliphatic heterocycles. The molecule has 2 heteroatoms. The Labute approximate surface area is 127 Å². The number of allylic oxidation sites excluding steroid dienone is 1. The van der Waals surface area contributed by atoms with Gasteiger partial charge in [0.25, 0.3) is 0 Å². The van der Waals surface area contributed by atoms with Crippen LogP contribution < -0.4 is 5.32 Å². The first-order valence-electron chi connectivity index (χ1n) is 8.38. The van der Waals surface area contributed by atoms with Crippen molar-refractivity contribution in [3.63, 3.8) is 0 Å². The summed E-state index contributed by atoms with van der Waals surface area (Å²) in [7, 11) is 0. The van der Waals surface area contributed by atoms with Crippen LogP contribution in [-0.4, -0.2) is 6.54 Å². The van der Waals surface area contributed by atoms with Crippen molar-refractivity contribution < 1.29 is 0 Å². The first-order valence-corrected chi connectivity index (χ1v) is 9.26. The Morgan fingerprint density at radius 3 is 2.80 bits per heavy atom. The van der Waals surface area contributed by atoms with Gasteiger partial charge in [-0.3, -0.25) is 0 Å². The molecule has 0 saturated heterocycles. The Kier molecular flexibility index (Phi) is 5.32. The molecule has 110 valence electrons. The molecule has 3 rings (SSSR count). The molecule has 0 spiro atoms. The van der Waals surface area contributed by atoms with E-state index in [2.05, 4.69) is 28.9 Å². The third kappa shape index (κ3) is 3.73. The van der Waals surface area contributed by atoms with Crippen molar-refractivity contribution in [3.05, 3.63) is 34.0 Å². The summed E-state index contributed by atoms with van der Waals surface area (Å²) < 4.78 is 0. The second-order valence-electron chi connectivity index (χ2n) is 6.35. The summed E-state index contributed by atoms with van der Waals surface area (Å²) >= 11 is 1.93. The maximum Gasteiger partial charge on any atom is 0.0443 e. The molecule has 0 bridgehead atoms. The van der Waals surface area contributed by atoms with Gasteiger partial charge in [0.2, 0.25) is 0 Å². The molecule has 1 nitrogen and oxygen atoms in total. The summed E-state index contributed by atoms with van der Waals surface area (Å²) in [4.78, 5) is 1.55. The lowest BCUT2D eigenvalue weighted by Gasteiger charge is -2.24. The van der Waals surface area contributed by atoms with E-state index < -0.39 is 0 Å². The van der Waals surface area contributed by atoms with E-state index in [1.807, 2.05) is 11.3 Å². The van der Waals surface area contributed by atoms with Crippen LogP contribution in [0.5, 0.6) is 0 Å². The Bertz CT molecular complexity index is 415. The molecule has 1 saturated carbocycles. The zero-order valence-electron chi connectivity index (χ0n) is 12.4. The predicted octanol–water partition coefficient (Wildman–Crippen LogP) is 5.46. The van der Waals surface area contributed by atoms with Gasteiger partial charge in [-0.2, -0.15) is 0 Å². The van der Waals surface area contributed by atoms with Gasteiger partial charge in [-0.25, -0.2) is 0 Å². The number of hydrogen-bond donors (Lipinski definition) is 1. The molecule has 1 aromatic rings. The SMILES string of the molecule is C1=C(CCNC(c2cccs2)C2CCCC2)CCCC1. The van der Waals surface area contributed by atoms with Crippen molar-refractivity contribution in [1.29, 1.82) is 0 Å². The fourth-order valence-electron chi connectivity index (χ4n) is 3.78. The third-order valence-electron chi connectivity index (χ3n) is 4.92. The highest BCUT2D eigenvalue weighted by atomic mass is 32.1. The summed E-state index contributed by atoms with van der Waals surface area (Å²) in [6, 6.07) is 5.13. The zero-order chi connectivity index (χ0) is 13.6. The van der Waals surface area contributed by atoms with E-state index in [1.165, 1.54) is 57.8 Å². The van der Waals surface area contributed by atoms with Gasteiger partial charge in [-0.15, -0.1) is 11.3 Å². The Morgan fingerprint density at radius 2 is 2.10 bits per heavy atom. The van der Waals surface area contributed by atoms with Gasteiger partial charge < -0.3 is 5.32 Å². The highest BCUT2D eigenvalue weighted by Crippen LogP contribution is 2.37. The fraction of sp³-hybridized carbons (Fsp3) is 0.667. The van der Waals surface area contributed by atoms with Crippen LogP contribution in [0.3, 0.4) is 0 Å². The summed E-state index contributed by atoms with van der Waals surface area (Å²) in [6.45, 7) is 1.16. The van der Waals surface area contributed by atoms with Crippen molar-refractivity contribution in [2.75, 3.05) is 6.54 Å². The van der Waals surface area contributed by atoms with Crippen molar-refractivity contribution in [2.45, 2.75) is 63.8 Å². The summed E-state index contributed by atoms with van der Waals surface area (Å²) in [5, 5.41) is 6.11. The van der Waals surface area contributed by atoms with E-state index >= 15 is 0 Å². The highest BCUT2D eigenvalue weighted by molar-refractivity contribution is 7.10. The molecule has 0 amide bonds. The smallest absolute Gasteiger partial charge is 0.0443 e. The summed E-state index contributed by atoms with van der Waals surface area (Å²) in [5.41, 5.74) is 1.69. The third-order valence-corrected chi connectivity index (χ3v) is 5.87. The van der Waals surface area contributed by atoms with Gasteiger partial charge >= 0.3 is 0 Å². The lowest BCUT2D eigenvalue weighted by Crippen LogP contribution is -2.27. The molecule has 1 aromatic heterocycles. The van der Waals surface area contributed by atoms with Crippen molar-refractivity contribution in [3.8, 4) is 0 Å². The molecule has 0 aromatic carbocycles. The van der Waals surface area contributed by atoms with Crippen LogP contribution >= 0.6 is 11.3 Å². The van der Waals surface area contributed by atoms with Crippen LogP contribution in [0, 0.1) is 5.92 Å². The second-order valence-corrected chi connectivity index (χ2v) is 7.33. The Morgan fingerprint density at radius 1 is 1.20 bits per heavy atom. The lowest BCUT2D eigenvalue weighted by molar-refractivity contribution is 0.373. The Hall–Kier alpha value is -0.600. The molecule has 1 fully saturated rings. The molecular weight excluding hydrogens is 262 g/mol. The Balaban J connectivity index is 1.54. The van der Waals surface area contributed by atoms with Gasteiger partial charge in [-0.1, -0.05) is 30.6 Å². The molecule has 2 aliphatic rings.